The molecule has 1 aromatic heterocycles. The van der Waals surface area contributed by atoms with Crippen molar-refractivity contribution in [3.63, 3.8) is 0 Å². The fourth-order valence-corrected chi connectivity index (χ4v) is 3.75. The monoisotopic (exact) mass is 302 g/mol. The van der Waals surface area contributed by atoms with Crippen LogP contribution in [0.2, 0.25) is 0 Å². The molecule has 2 nitrogen and oxygen atoms in total. The summed E-state index contributed by atoms with van der Waals surface area (Å²) >= 11 is 5.47. The predicted molar refractivity (Wildman–Crippen MR) is 74.0 cm³/mol. The molecule has 1 N–H and O–H groups in total. The van der Waals surface area contributed by atoms with Gasteiger partial charge in [-0.1, -0.05) is 13.3 Å². The molecule has 4 heteroatoms. The minimum absolute atomic E-state index is 0.716. The number of halogens is 1. The Balaban J connectivity index is 1.98. The van der Waals surface area contributed by atoms with Crippen LogP contribution >= 0.6 is 27.3 Å². The van der Waals surface area contributed by atoms with Gasteiger partial charge in [-0.05, 0) is 33.8 Å². The van der Waals surface area contributed by atoms with Crippen LogP contribution in [0, 0.1) is 0 Å². The number of hydrogen-bond acceptors (Lipinski definition) is 3. The second-order valence-electron chi connectivity index (χ2n) is 4.31. The predicted octanol–water partition coefficient (Wildman–Crippen LogP) is 3.08. The maximum absolute atomic E-state index is 3.62. The van der Waals surface area contributed by atoms with E-state index in [0.717, 1.165) is 19.6 Å². The Morgan fingerprint density at radius 2 is 2.50 bits per heavy atom. The third kappa shape index (κ3) is 3.06. The highest BCUT2D eigenvalue weighted by atomic mass is 79.9. The largest absolute Gasteiger partial charge is 0.314 e. The number of nitrogens with zero attached hydrogens (tertiary/aromatic N) is 1. The summed E-state index contributed by atoms with van der Waals surface area (Å²) in [6.07, 6.45) is 2.57. The van der Waals surface area contributed by atoms with Crippen molar-refractivity contribution in [1.29, 1.82) is 0 Å². The maximum Gasteiger partial charge on any atom is 0.0343 e. The number of piperazine rings is 1. The molecule has 0 bridgehead atoms. The van der Waals surface area contributed by atoms with Gasteiger partial charge in [0.15, 0.2) is 0 Å². The van der Waals surface area contributed by atoms with Crippen molar-refractivity contribution < 1.29 is 0 Å². The molecule has 1 aliphatic rings. The van der Waals surface area contributed by atoms with E-state index in [4.69, 9.17) is 0 Å². The number of hydrogen-bond donors (Lipinski definition) is 1. The van der Waals surface area contributed by atoms with E-state index in [1.54, 1.807) is 0 Å². The summed E-state index contributed by atoms with van der Waals surface area (Å²) < 4.78 is 1.27. The van der Waals surface area contributed by atoms with Crippen LogP contribution in [0.4, 0.5) is 0 Å². The van der Waals surface area contributed by atoms with E-state index in [1.807, 2.05) is 11.3 Å². The molecule has 2 heterocycles. The highest BCUT2D eigenvalue weighted by Crippen LogP contribution is 2.25. The molecule has 0 aliphatic carbocycles. The Kier molecular flexibility index (Phi) is 4.82. The SMILES string of the molecule is CCCC1CNCCN1Cc1sccc1Br. The molecule has 1 fully saturated rings. The first-order valence-electron chi connectivity index (χ1n) is 5.98. The molecule has 0 amide bonds. The zero-order valence-corrected chi connectivity index (χ0v) is 12.1. The summed E-state index contributed by atoms with van der Waals surface area (Å²) in [5.74, 6) is 0. The Bertz CT molecular complexity index is 325. The van der Waals surface area contributed by atoms with E-state index in [0.29, 0.717) is 6.04 Å². The third-order valence-electron chi connectivity index (χ3n) is 3.13. The van der Waals surface area contributed by atoms with Gasteiger partial charge in [-0.25, -0.2) is 0 Å². The normalized spacial score (nSPS) is 22.5. The van der Waals surface area contributed by atoms with Crippen molar-refractivity contribution in [2.75, 3.05) is 19.6 Å². The van der Waals surface area contributed by atoms with Crippen LogP contribution in [0.3, 0.4) is 0 Å². The van der Waals surface area contributed by atoms with Gasteiger partial charge >= 0.3 is 0 Å². The van der Waals surface area contributed by atoms with Gasteiger partial charge in [-0.15, -0.1) is 11.3 Å². The van der Waals surface area contributed by atoms with Gasteiger partial charge in [-0.2, -0.15) is 0 Å². The lowest BCUT2D eigenvalue weighted by Gasteiger charge is -2.36. The van der Waals surface area contributed by atoms with Gasteiger partial charge in [0, 0.05) is 41.6 Å². The molecule has 0 saturated carbocycles. The molecule has 16 heavy (non-hydrogen) atoms. The van der Waals surface area contributed by atoms with Gasteiger partial charge in [-0.3, -0.25) is 4.90 Å². The van der Waals surface area contributed by atoms with Crippen LogP contribution in [0.1, 0.15) is 24.6 Å². The molecule has 1 unspecified atom stereocenters. The first-order chi connectivity index (χ1) is 7.81. The van der Waals surface area contributed by atoms with Gasteiger partial charge in [0.05, 0.1) is 0 Å². The second kappa shape index (κ2) is 6.15. The van der Waals surface area contributed by atoms with Crippen LogP contribution in [-0.2, 0) is 6.54 Å². The molecule has 1 atom stereocenters. The molecule has 0 aromatic carbocycles. The zero-order valence-electron chi connectivity index (χ0n) is 9.71. The van der Waals surface area contributed by atoms with Crippen molar-refractivity contribution in [1.82, 2.24) is 10.2 Å². The molecular weight excluding hydrogens is 284 g/mol. The summed E-state index contributed by atoms with van der Waals surface area (Å²) in [7, 11) is 0. The zero-order chi connectivity index (χ0) is 11.4. The molecule has 0 radical (unpaired) electrons. The maximum atomic E-state index is 3.62. The summed E-state index contributed by atoms with van der Waals surface area (Å²) in [6.45, 7) is 6.83. The molecule has 1 saturated heterocycles. The molecule has 0 spiro atoms. The van der Waals surface area contributed by atoms with E-state index in [9.17, 15) is 0 Å². The summed E-state index contributed by atoms with van der Waals surface area (Å²) in [5.41, 5.74) is 0. The second-order valence-corrected chi connectivity index (χ2v) is 6.16. The summed E-state index contributed by atoms with van der Waals surface area (Å²) in [6, 6.07) is 2.87. The smallest absolute Gasteiger partial charge is 0.0343 e. The van der Waals surface area contributed by atoms with Crippen LogP contribution in [-0.4, -0.2) is 30.6 Å². The van der Waals surface area contributed by atoms with Gasteiger partial charge in [0.2, 0.25) is 0 Å². The number of thiophene rings is 1. The molecule has 2 rings (SSSR count). The van der Waals surface area contributed by atoms with Crippen molar-refractivity contribution >= 4 is 27.3 Å². The van der Waals surface area contributed by atoms with E-state index >= 15 is 0 Å². The van der Waals surface area contributed by atoms with Crippen molar-refractivity contribution in [2.45, 2.75) is 32.4 Å². The Labute approximate surface area is 110 Å². The average Bonchev–Trinajstić information content (AvgIpc) is 2.68. The average molecular weight is 303 g/mol. The number of nitrogens with one attached hydrogen (secondary N) is 1. The fourth-order valence-electron chi connectivity index (χ4n) is 2.25. The fraction of sp³-hybridized carbons (Fsp3) is 0.667. The van der Waals surface area contributed by atoms with Crippen LogP contribution in [0.15, 0.2) is 15.9 Å². The number of rotatable bonds is 4. The molecular formula is C12H19BrN2S. The lowest BCUT2D eigenvalue weighted by atomic mass is 10.1. The van der Waals surface area contributed by atoms with Crippen molar-refractivity contribution in [3.05, 3.63) is 20.8 Å². The molecule has 1 aliphatic heterocycles. The van der Waals surface area contributed by atoms with Crippen LogP contribution < -0.4 is 5.32 Å². The quantitative estimate of drug-likeness (QED) is 0.919. The lowest BCUT2D eigenvalue weighted by molar-refractivity contribution is 0.145. The Morgan fingerprint density at radius 1 is 1.62 bits per heavy atom. The van der Waals surface area contributed by atoms with Gasteiger partial charge in [0.25, 0.3) is 0 Å². The minimum Gasteiger partial charge on any atom is -0.314 e. The first-order valence-corrected chi connectivity index (χ1v) is 7.65. The van der Waals surface area contributed by atoms with Crippen LogP contribution in [0.25, 0.3) is 0 Å². The first kappa shape index (κ1) is 12.6. The van der Waals surface area contributed by atoms with E-state index in [-0.39, 0.29) is 0 Å². The highest BCUT2D eigenvalue weighted by Gasteiger charge is 2.22. The van der Waals surface area contributed by atoms with E-state index < -0.39 is 0 Å². The summed E-state index contributed by atoms with van der Waals surface area (Å²) in [4.78, 5) is 4.08. The van der Waals surface area contributed by atoms with E-state index in [1.165, 1.54) is 28.7 Å². The summed E-state index contributed by atoms with van der Waals surface area (Å²) in [5, 5.41) is 5.66. The Morgan fingerprint density at radius 3 is 3.19 bits per heavy atom. The minimum atomic E-state index is 0.716. The topological polar surface area (TPSA) is 15.3 Å². The van der Waals surface area contributed by atoms with Gasteiger partial charge < -0.3 is 5.32 Å². The highest BCUT2D eigenvalue weighted by molar-refractivity contribution is 9.10. The van der Waals surface area contributed by atoms with Crippen LogP contribution in [0.5, 0.6) is 0 Å². The third-order valence-corrected chi connectivity index (χ3v) is 5.04. The Hall–Kier alpha value is 0.100. The van der Waals surface area contributed by atoms with Crippen molar-refractivity contribution in [3.8, 4) is 0 Å². The van der Waals surface area contributed by atoms with Crippen molar-refractivity contribution in [2.24, 2.45) is 0 Å². The molecule has 90 valence electrons. The van der Waals surface area contributed by atoms with E-state index in [2.05, 4.69) is 44.5 Å². The van der Waals surface area contributed by atoms with Gasteiger partial charge in [0.1, 0.15) is 0 Å². The lowest BCUT2D eigenvalue weighted by Crippen LogP contribution is -2.50. The molecule has 1 aromatic rings. The standard InChI is InChI=1S/C12H19BrN2S/c1-2-3-10-8-14-5-6-15(10)9-12-11(13)4-7-16-12/h4,7,10,14H,2-3,5-6,8-9H2,1H3.